The molecule has 74 valence electrons. The van der Waals surface area contributed by atoms with Crippen molar-refractivity contribution in [3.05, 3.63) is 17.8 Å². The normalized spacial score (nSPS) is 10.7. The highest BCUT2D eigenvalue weighted by Gasteiger charge is 2.33. The number of nitrogens with zero attached hydrogens (tertiary/aromatic N) is 2. The second-order valence-electron chi connectivity index (χ2n) is 2.17. The molecule has 0 spiro atoms. The van der Waals surface area contributed by atoms with Crippen LogP contribution in [0, 0.1) is 11.3 Å². The summed E-state index contributed by atoms with van der Waals surface area (Å²) in [5, 5.41) is 17.4. The number of halogens is 3. The van der Waals surface area contributed by atoms with Crippen LogP contribution in [0.3, 0.4) is 0 Å². The van der Waals surface area contributed by atoms with Gasteiger partial charge in [-0.2, -0.15) is 5.26 Å². The Labute approximate surface area is 76.2 Å². The van der Waals surface area contributed by atoms with Gasteiger partial charge in [-0.1, -0.05) is 0 Å². The lowest BCUT2D eigenvalue weighted by Crippen LogP contribution is -2.18. The summed E-state index contributed by atoms with van der Waals surface area (Å²) in [6, 6.07) is 2.55. The SMILES string of the molecule is N#Cc1ccnc(OC(F)(F)F)c1O. The van der Waals surface area contributed by atoms with Crippen LogP contribution in [0.15, 0.2) is 12.3 Å². The number of alkyl halides is 3. The number of aromatic hydroxyl groups is 1. The Morgan fingerprint density at radius 2 is 2.14 bits per heavy atom. The minimum Gasteiger partial charge on any atom is -0.502 e. The van der Waals surface area contributed by atoms with E-state index in [1.54, 1.807) is 0 Å². The number of hydrogen-bond donors (Lipinski definition) is 1. The fourth-order valence-corrected chi connectivity index (χ4v) is 0.709. The van der Waals surface area contributed by atoms with Gasteiger partial charge in [0.05, 0.1) is 0 Å². The van der Waals surface area contributed by atoms with Crippen molar-refractivity contribution in [3.8, 4) is 17.7 Å². The van der Waals surface area contributed by atoms with Crippen LogP contribution in [-0.2, 0) is 0 Å². The number of rotatable bonds is 1. The molecular weight excluding hydrogens is 201 g/mol. The van der Waals surface area contributed by atoms with Crippen molar-refractivity contribution in [3.63, 3.8) is 0 Å². The summed E-state index contributed by atoms with van der Waals surface area (Å²) < 4.78 is 38.5. The summed E-state index contributed by atoms with van der Waals surface area (Å²) >= 11 is 0. The number of nitriles is 1. The Morgan fingerprint density at radius 1 is 1.50 bits per heavy atom. The van der Waals surface area contributed by atoms with E-state index >= 15 is 0 Å². The fraction of sp³-hybridized carbons (Fsp3) is 0.143. The van der Waals surface area contributed by atoms with E-state index < -0.39 is 18.0 Å². The van der Waals surface area contributed by atoms with E-state index in [0.29, 0.717) is 0 Å². The molecule has 0 aliphatic carbocycles. The van der Waals surface area contributed by atoms with E-state index in [1.807, 2.05) is 0 Å². The first-order valence-electron chi connectivity index (χ1n) is 3.28. The zero-order chi connectivity index (χ0) is 10.8. The summed E-state index contributed by atoms with van der Waals surface area (Å²) in [6.07, 6.45) is -4.02. The minimum atomic E-state index is -4.95. The van der Waals surface area contributed by atoms with Crippen LogP contribution in [0.5, 0.6) is 11.6 Å². The number of hydrogen-bond acceptors (Lipinski definition) is 4. The number of aromatic nitrogens is 1. The second kappa shape index (κ2) is 3.41. The maximum atomic E-state index is 11.7. The maximum Gasteiger partial charge on any atom is 0.574 e. The van der Waals surface area contributed by atoms with Gasteiger partial charge in [-0.15, -0.1) is 13.2 Å². The summed E-state index contributed by atoms with van der Waals surface area (Å²) in [5.74, 6) is -1.95. The molecule has 0 fully saturated rings. The molecule has 1 heterocycles. The smallest absolute Gasteiger partial charge is 0.502 e. The van der Waals surface area contributed by atoms with E-state index in [4.69, 9.17) is 10.4 Å². The summed E-state index contributed by atoms with van der Waals surface area (Å²) in [7, 11) is 0. The number of pyridine rings is 1. The molecule has 0 aromatic carbocycles. The molecule has 14 heavy (non-hydrogen) atoms. The lowest BCUT2D eigenvalue weighted by atomic mass is 10.3. The topological polar surface area (TPSA) is 66.1 Å². The van der Waals surface area contributed by atoms with Gasteiger partial charge in [0.15, 0.2) is 5.75 Å². The predicted molar refractivity (Wildman–Crippen MR) is 37.3 cm³/mol. The predicted octanol–water partition coefficient (Wildman–Crippen LogP) is 1.56. The van der Waals surface area contributed by atoms with Gasteiger partial charge in [0, 0.05) is 6.20 Å². The van der Waals surface area contributed by atoms with Gasteiger partial charge in [0.25, 0.3) is 5.88 Å². The molecule has 0 unspecified atom stereocenters. The third-order valence-corrected chi connectivity index (χ3v) is 1.22. The Bertz CT molecular complexity index is 384. The zero-order valence-corrected chi connectivity index (χ0v) is 6.54. The van der Waals surface area contributed by atoms with Crippen molar-refractivity contribution in [2.45, 2.75) is 6.36 Å². The maximum absolute atomic E-state index is 11.7. The molecule has 0 amide bonds. The number of ether oxygens (including phenoxy) is 1. The molecule has 0 radical (unpaired) electrons. The van der Waals surface area contributed by atoms with E-state index in [0.717, 1.165) is 12.3 Å². The fourth-order valence-electron chi connectivity index (χ4n) is 0.709. The molecule has 0 bridgehead atoms. The molecule has 1 aromatic heterocycles. The molecule has 7 heteroatoms. The molecule has 1 N–H and O–H groups in total. The molecule has 0 saturated carbocycles. The average molecular weight is 204 g/mol. The standard InChI is InChI=1S/C7H3F3N2O2/c8-7(9,10)14-6-5(13)4(3-11)1-2-12-6/h1-2,13H. The van der Waals surface area contributed by atoms with Gasteiger partial charge in [0.1, 0.15) is 11.6 Å². The highest BCUT2D eigenvalue weighted by Crippen LogP contribution is 2.30. The zero-order valence-electron chi connectivity index (χ0n) is 6.54. The molecular formula is C7H3F3N2O2. The minimum absolute atomic E-state index is 0.334. The summed E-state index contributed by atoms with van der Waals surface area (Å²) in [5.41, 5.74) is -0.334. The largest absolute Gasteiger partial charge is 0.574 e. The van der Waals surface area contributed by atoms with Crippen molar-refractivity contribution >= 4 is 0 Å². The molecule has 1 rings (SSSR count). The van der Waals surface area contributed by atoms with E-state index in [2.05, 4.69) is 9.72 Å². The van der Waals surface area contributed by atoms with E-state index in [1.165, 1.54) is 6.07 Å². The van der Waals surface area contributed by atoms with Crippen LogP contribution in [-0.4, -0.2) is 16.5 Å². The first-order valence-corrected chi connectivity index (χ1v) is 3.28. The van der Waals surface area contributed by atoms with Gasteiger partial charge >= 0.3 is 6.36 Å². The van der Waals surface area contributed by atoms with Gasteiger partial charge < -0.3 is 9.84 Å². The van der Waals surface area contributed by atoms with Crippen LogP contribution < -0.4 is 4.74 Å². The van der Waals surface area contributed by atoms with Crippen LogP contribution >= 0.6 is 0 Å². The summed E-state index contributed by atoms with van der Waals surface area (Å²) in [4.78, 5) is 3.13. The van der Waals surface area contributed by atoms with Gasteiger partial charge in [-0.3, -0.25) is 0 Å². The van der Waals surface area contributed by atoms with Crippen LogP contribution in [0.25, 0.3) is 0 Å². The average Bonchev–Trinajstić information content (AvgIpc) is 2.06. The quantitative estimate of drug-likeness (QED) is 0.753. The Hall–Kier alpha value is -1.97. The monoisotopic (exact) mass is 204 g/mol. The first kappa shape index (κ1) is 10.1. The Balaban J connectivity index is 3.06. The highest BCUT2D eigenvalue weighted by molar-refractivity contribution is 5.47. The molecule has 0 aliphatic rings. The van der Waals surface area contributed by atoms with Crippen molar-refractivity contribution in [2.75, 3.05) is 0 Å². The summed E-state index contributed by atoms with van der Waals surface area (Å²) in [6.45, 7) is 0. The second-order valence-corrected chi connectivity index (χ2v) is 2.17. The van der Waals surface area contributed by atoms with Crippen LogP contribution in [0.2, 0.25) is 0 Å². The third-order valence-electron chi connectivity index (χ3n) is 1.22. The van der Waals surface area contributed by atoms with Crippen molar-refractivity contribution < 1.29 is 23.0 Å². The molecule has 4 nitrogen and oxygen atoms in total. The molecule has 0 atom stereocenters. The van der Waals surface area contributed by atoms with Crippen molar-refractivity contribution in [2.24, 2.45) is 0 Å². The van der Waals surface area contributed by atoms with Gasteiger partial charge in [-0.05, 0) is 6.07 Å². The lowest BCUT2D eigenvalue weighted by molar-refractivity contribution is -0.276. The van der Waals surface area contributed by atoms with Crippen LogP contribution in [0.1, 0.15) is 5.56 Å². The molecule has 0 saturated heterocycles. The first-order chi connectivity index (χ1) is 6.44. The van der Waals surface area contributed by atoms with Crippen molar-refractivity contribution in [1.29, 1.82) is 5.26 Å². The Kier molecular flexibility index (Phi) is 2.47. The molecule has 0 aliphatic heterocycles. The molecule has 1 aromatic rings. The van der Waals surface area contributed by atoms with Gasteiger partial charge in [0.2, 0.25) is 0 Å². The van der Waals surface area contributed by atoms with Crippen LogP contribution in [0.4, 0.5) is 13.2 Å². The van der Waals surface area contributed by atoms with E-state index in [9.17, 15) is 13.2 Å². The lowest BCUT2D eigenvalue weighted by Gasteiger charge is -2.08. The van der Waals surface area contributed by atoms with E-state index in [-0.39, 0.29) is 5.56 Å². The Morgan fingerprint density at radius 3 is 2.64 bits per heavy atom. The third kappa shape index (κ3) is 2.26. The van der Waals surface area contributed by atoms with Gasteiger partial charge in [-0.25, -0.2) is 4.98 Å². The highest BCUT2D eigenvalue weighted by atomic mass is 19.4. The van der Waals surface area contributed by atoms with Crippen molar-refractivity contribution in [1.82, 2.24) is 4.98 Å².